The van der Waals surface area contributed by atoms with Gasteiger partial charge in [-0.15, -0.1) is 0 Å². The molecule has 0 radical (unpaired) electrons. The molecule has 0 spiro atoms. The van der Waals surface area contributed by atoms with Crippen LogP contribution in [0, 0.1) is 0 Å². The summed E-state index contributed by atoms with van der Waals surface area (Å²) in [5.74, 6) is -0.653. The molecule has 0 bridgehead atoms. The van der Waals surface area contributed by atoms with Crippen LogP contribution >= 0.6 is 0 Å². The number of unbranched alkanes of at least 4 members (excludes halogenated alkanes) is 14. The number of hydrogen-bond acceptors (Lipinski definition) is 1. The first kappa shape index (κ1) is 27.7. The van der Waals surface area contributed by atoms with Gasteiger partial charge in [0, 0.05) is 25.9 Å². The molecule has 0 aliphatic heterocycles. The maximum Gasteiger partial charge on any atom is 0.316 e. The molecule has 126 valence electrons. The monoisotopic (exact) mass is 374 g/mol. The summed E-state index contributed by atoms with van der Waals surface area (Å²) < 4.78 is 0. The molecule has 2 nitrogen and oxygen atoms in total. The van der Waals surface area contributed by atoms with Crippen molar-refractivity contribution in [2.45, 2.75) is 110 Å². The number of carbonyl (C=O) groups is 1. The quantitative estimate of drug-likeness (QED) is 0.289. The van der Waals surface area contributed by atoms with Gasteiger partial charge in [0.2, 0.25) is 0 Å². The first-order valence-electron chi connectivity index (χ1n) is 8.99. The summed E-state index contributed by atoms with van der Waals surface area (Å²) in [6.07, 6.45) is 20.2. The fourth-order valence-electron chi connectivity index (χ4n) is 2.65. The van der Waals surface area contributed by atoms with Gasteiger partial charge in [0.1, 0.15) is 0 Å². The van der Waals surface area contributed by atoms with Crippen LogP contribution in [0.5, 0.6) is 0 Å². The summed E-state index contributed by atoms with van der Waals surface area (Å²) in [4.78, 5) is 10.3. The zero-order valence-electron chi connectivity index (χ0n) is 14.4. The van der Waals surface area contributed by atoms with Gasteiger partial charge in [-0.1, -0.05) is 96.8 Å². The van der Waals surface area contributed by atoms with Crippen LogP contribution in [0.15, 0.2) is 0 Å². The van der Waals surface area contributed by atoms with Crippen LogP contribution in [0.25, 0.3) is 0 Å². The van der Waals surface area contributed by atoms with Crippen molar-refractivity contribution in [3.63, 3.8) is 0 Å². The molecule has 0 unspecified atom stereocenters. The van der Waals surface area contributed by atoms with Crippen LogP contribution < -0.4 is 0 Å². The van der Waals surface area contributed by atoms with Gasteiger partial charge in [-0.25, -0.2) is 0 Å². The molecular weight excluding hydrogens is 338 g/mol. The Morgan fingerprint density at radius 1 is 0.636 bits per heavy atom. The first-order chi connectivity index (χ1) is 9.77. The Morgan fingerprint density at radius 2 is 0.909 bits per heavy atom. The average molecular weight is 376 g/mol. The van der Waals surface area contributed by atoms with Gasteiger partial charge in [-0.3, -0.25) is 4.79 Å². The first-order valence-corrected chi connectivity index (χ1v) is 8.99. The van der Waals surface area contributed by atoms with Crippen molar-refractivity contribution in [1.29, 1.82) is 0 Å². The molecule has 0 fully saturated rings. The van der Waals surface area contributed by atoms with Crippen LogP contribution in [-0.4, -0.2) is 34.1 Å². The largest absolute Gasteiger partial charge is 0.481 e. The summed E-state index contributed by atoms with van der Waals surface area (Å²) in [6, 6.07) is 0. The smallest absolute Gasteiger partial charge is 0.316 e. The summed E-state index contributed by atoms with van der Waals surface area (Å²) in [7, 11) is 0. The normalized spacial score (nSPS) is 9.86. The summed E-state index contributed by atoms with van der Waals surface area (Å²) in [5.41, 5.74) is 0. The third-order valence-electron chi connectivity index (χ3n) is 3.99. The minimum Gasteiger partial charge on any atom is -0.481 e. The summed E-state index contributed by atoms with van der Waals surface area (Å²) >= 11 is 0. The zero-order valence-corrected chi connectivity index (χ0v) is 17.3. The maximum absolute atomic E-state index is 10.3. The Morgan fingerprint density at radius 3 is 1.18 bits per heavy atom. The van der Waals surface area contributed by atoms with Gasteiger partial charge in [0.25, 0.3) is 0 Å². The van der Waals surface area contributed by atoms with E-state index in [4.69, 9.17) is 5.11 Å². The molecule has 0 atom stereocenters. The minimum absolute atomic E-state index is 0. The molecule has 0 aromatic rings. The molecule has 1 N–H and O–H groups in total. The number of carboxylic acid groups (broad SMARTS) is 1. The third kappa shape index (κ3) is 25.8. The number of carboxylic acids is 1. The van der Waals surface area contributed by atoms with E-state index in [9.17, 15) is 4.79 Å². The Bertz CT molecular complexity index is 213. The average Bonchev–Trinajstić information content (AvgIpc) is 2.43. The molecule has 0 aliphatic carbocycles. The predicted octanol–water partition coefficient (Wildman–Crippen LogP) is 5.41. The molecule has 0 saturated carbocycles. The van der Waals surface area contributed by atoms with E-state index in [2.05, 4.69) is 6.92 Å². The molecule has 0 heterocycles. The molecule has 0 saturated heterocycles. The van der Waals surface area contributed by atoms with Crippen molar-refractivity contribution >= 4 is 29.0 Å². The van der Waals surface area contributed by atoms with Gasteiger partial charge in [0.15, 0.2) is 0 Å². The van der Waals surface area contributed by atoms with Crippen LogP contribution in [0.4, 0.5) is 0 Å². The minimum atomic E-state index is -0.653. The second kappa shape index (κ2) is 24.1. The van der Waals surface area contributed by atoms with E-state index in [-0.39, 0.29) is 42.5 Å². The van der Waals surface area contributed by atoms with E-state index in [1.165, 1.54) is 83.5 Å². The van der Waals surface area contributed by atoms with Crippen molar-refractivity contribution in [2.75, 3.05) is 0 Å². The van der Waals surface area contributed by atoms with E-state index < -0.39 is 5.97 Å². The fourth-order valence-corrected chi connectivity index (χ4v) is 2.65. The van der Waals surface area contributed by atoms with Crippen molar-refractivity contribution in [2.24, 2.45) is 0 Å². The van der Waals surface area contributed by atoms with Gasteiger partial charge >= 0.3 is 29.0 Å². The number of hydrogen-bond donors (Lipinski definition) is 1. The van der Waals surface area contributed by atoms with E-state index in [1.807, 2.05) is 0 Å². The second-order valence-electron chi connectivity index (χ2n) is 6.09. The third-order valence-corrected chi connectivity index (χ3v) is 3.99. The van der Waals surface area contributed by atoms with Gasteiger partial charge in [-0.05, 0) is 6.42 Å². The summed E-state index contributed by atoms with van der Waals surface area (Å²) in [6.45, 7) is 2.27. The Hall–Kier alpha value is 0.860. The van der Waals surface area contributed by atoms with Crippen molar-refractivity contribution in [3.8, 4) is 0 Å². The van der Waals surface area contributed by atoms with Crippen LogP contribution in [0.2, 0.25) is 0 Å². The SMILES string of the molecule is CCCCCCCCCCCCCCCCCC(=O)O.[MgH2].[Zn]. The van der Waals surface area contributed by atoms with Crippen molar-refractivity contribution in [1.82, 2.24) is 0 Å². The fraction of sp³-hybridized carbons (Fsp3) is 0.944. The molecule has 0 aromatic heterocycles. The maximum atomic E-state index is 10.3. The molecule has 0 rings (SSSR count). The van der Waals surface area contributed by atoms with Gasteiger partial charge < -0.3 is 5.11 Å². The zero-order chi connectivity index (χ0) is 14.9. The van der Waals surface area contributed by atoms with Crippen LogP contribution in [-0.2, 0) is 24.3 Å². The summed E-state index contributed by atoms with van der Waals surface area (Å²) in [5, 5.41) is 8.52. The molecule has 0 amide bonds. The molecule has 4 heteroatoms. The van der Waals surface area contributed by atoms with Crippen LogP contribution in [0.3, 0.4) is 0 Å². The molecule has 0 aliphatic rings. The Labute approximate surface area is 167 Å². The van der Waals surface area contributed by atoms with E-state index in [1.54, 1.807) is 0 Å². The Balaban J connectivity index is -0.00000180. The molecule has 0 aromatic carbocycles. The van der Waals surface area contributed by atoms with Crippen molar-refractivity contribution < 1.29 is 29.4 Å². The van der Waals surface area contributed by atoms with E-state index in [0.717, 1.165) is 12.8 Å². The number of rotatable bonds is 16. The van der Waals surface area contributed by atoms with Gasteiger partial charge in [-0.2, -0.15) is 0 Å². The molecule has 22 heavy (non-hydrogen) atoms. The van der Waals surface area contributed by atoms with Gasteiger partial charge in [0.05, 0.1) is 0 Å². The standard InChI is InChI=1S/C18H36O2.Mg.Zn.2H/c1-2-3-4-5-6-7-8-9-10-11-12-13-14-15-16-17-18(19)20;;;;/h2-17H2,1H3,(H,19,20);;;;. The van der Waals surface area contributed by atoms with E-state index >= 15 is 0 Å². The van der Waals surface area contributed by atoms with Crippen molar-refractivity contribution in [3.05, 3.63) is 0 Å². The topological polar surface area (TPSA) is 37.3 Å². The predicted molar refractivity (Wildman–Crippen MR) is 95.7 cm³/mol. The second-order valence-corrected chi connectivity index (χ2v) is 6.09. The van der Waals surface area contributed by atoms with Crippen LogP contribution in [0.1, 0.15) is 110 Å². The number of aliphatic carboxylic acids is 1. The molecular formula is C18H38MgO2Zn. The van der Waals surface area contributed by atoms with E-state index in [0.29, 0.717) is 6.42 Å². The Kier molecular flexibility index (Phi) is 30.4.